The Morgan fingerprint density at radius 1 is 1.33 bits per heavy atom. The van der Waals surface area contributed by atoms with Gasteiger partial charge in [0.1, 0.15) is 0 Å². The first kappa shape index (κ1) is 23.2. The van der Waals surface area contributed by atoms with E-state index in [-0.39, 0.29) is 33.5 Å². The van der Waals surface area contributed by atoms with Gasteiger partial charge in [-0.3, -0.25) is 0 Å². The molecule has 3 rings (SSSR count). The predicted molar refractivity (Wildman–Crippen MR) is 125 cm³/mol. The normalized spacial score (nSPS) is 20.0. The molecule has 1 aliphatic carbocycles. The van der Waals surface area contributed by atoms with Crippen LogP contribution in [-0.4, -0.2) is 76.5 Å². The van der Waals surface area contributed by atoms with Gasteiger partial charge in [-0.15, -0.1) is 0 Å². The van der Waals surface area contributed by atoms with Crippen molar-refractivity contribution >= 4 is 27.4 Å². The van der Waals surface area contributed by atoms with Crippen molar-refractivity contribution < 1.29 is 9.53 Å². The number of likely N-dealkylation sites (N-methyl/N-ethyl adjacent to an activating group) is 1. The van der Waals surface area contributed by atoms with Gasteiger partial charge in [-0.1, -0.05) is 0 Å². The Kier molecular flexibility index (Phi) is 8.65. The van der Waals surface area contributed by atoms with Crippen molar-refractivity contribution in [3.63, 3.8) is 0 Å². The second kappa shape index (κ2) is 11.2. The fourth-order valence-corrected chi connectivity index (χ4v) is 7.06. The Morgan fingerprint density at radius 2 is 2.03 bits per heavy atom. The van der Waals surface area contributed by atoms with Crippen LogP contribution in [0.25, 0.3) is 0 Å². The minimum absolute atomic E-state index is 0.0405. The summed E-state index contributed by atoms with van der Waals surface area (Å²) in [6.45, 7) is 11.3. The number of benzene rings is 1. The molecule has 1 aliphatic heterocycles. The van der Waals surface area contributed by atoms with Gasteiger partial charge < -0.3 is 0 Å². The van der Waals surface area contributed by atoms with E-state index < -0.39 is 0 Å². The number of hydrogen-bond acceptors (Lipinski definition) is 4. The third-order valence-corrected chi connectivity index (χ3v) is 9.29. The van der Waals surface area contributed by atoms with Crippen molar-refractivity contribution in [2.24, 2.45) is 0 Å². The molecule has 0 N–H and O–H groups in total. The first-order valence-corrected chi connectivity index (χ1v) is 13.8. The van der Waals surface area contributed by atoms with Gasteiger partial charge in [-0.05, 0) is 0 Å². The molecule has 1 heterocycles. The molecule has 0 spiro atoms. The van der Waals surface area contributed by atoms with E-state index in [1.165, 1.54) is 17.5 Å². The molecule has 1 aromatic carbocycles. The fourth-order valence-electron chi connectivity index (χ4n) is 4.15. The van der Waals surface area contributed by atoms with Crippen LogP contribution in [0.4, 0.5) is 0 Å². The van der Waals surface area contributed by atoms with E-state index in [9.17, 15) is 4.79 Å². The number of likely N-dealkylation sites (tertiary alicyclic amines) is 1. The van der Waals surface area contributed by atoms with Crippen LogP contribution in [0, 0.1) is 0 Å². The van der Waals surface area contributed by atoms with E-state index in [2.05, 4.69) is 64.7 Å². The number of ketones is 1. The molecule has 0 amide bonds. The van der Waals surface area contributed by atoms with Crippen molar-refractivity contribution in [3.8, 4) is 0 Å². The van der Waals surface area contributed by atoms with E-state index in [1.54, 1.807) is 6.92 Å². The van der Waals surface area contributed by atoms with Gasteiger partial charge in [0, 0.05) is 0 Å². The van der Waals surface area contributed by atoms with Gasteiger partial charge in [0.05, 0.1) is 0 Å². The summed E-state index contributed by atoms with van der Waals surface area (Å²) in [5, 5.41) is 0. The molecule has 0 bridgehead atoms. The molecule has 1 aromatic rings. The van der Waals surface area contributed by atoms with E-state index in [0.29, 0.717) is 5.76 Å². The zero-order valence-electron chi connectivity index (χ0n) is 18.5. The zero-order valence-corrected chi connectivity index (χ0v) is 21.1. The van der Waals surface area contributed by atoms with Crippen LogP contribution in [0.3, 0.4) is 0 Å². The Hall–Kier alpha value is -1.51. The molecule has 2 aliphatic rings. The number of allylic oxidation sites excluding steroid dienone is 3. The molecule has 1 radical (unpaired) electrons. The summed E-state index contributed by atoms with van der Waals surface area (Å²) in [6, 6.07) is 8.52. The Balaban J connectivity index is 1.80. The van der Waals surface area contributed by atoms with Crippen LogP contribution in [-0.2, 0) is 22.4 Å². The molecule has 4 nitrogen and oxygen atoms in total. The van der Waals surface area contributed by atoms with Crippen molar-refractivity contribution in [3.05, 3.63) is 69.6 Å². The number of Topliss-reactive ketones (excluding diaryl/α,β-unsaturated/α-hetero) is 1. The Bertz CT molecular complexity index is 792. The van der Waals surface area contributed by atoms with Crippen molar-refractivity contribution in [2.45, 2.75) is 43.1 Å². The van der Waals surface area contributed by atoms with Crippen molar-refractivity contribution in [2.75, 3.05) is 33.2 Å². The maximum absolute atomic E-state index is 12.7. The SMILES string of the molecule is C=C/C=[CH]/[Sb][CH]1CCN(/C(CN(C)CC)=C(\OC2Cc3ccccc3C2)C(C)=O)C1. The van der Waals surface area contributed by atoms with Crippen molar-refractivity contribution in [1.82, 2.24) is 9.80 Å². The number of fused-ring (bicyclic) bond motifs is 1. The molecule has 1 saturated heterocycles. The average molecular weight is 516 g/mol. The van der Waals surface area contributed by atoms with E-state index in [1.807, 2.05) is 6.08 Å². The number of nitrogens with zero attached hydrogens (tertiary/aromatic N) is 2. The standard InChI is InChI=1S/C21H29N2O2.C4H5.Sb/c1-4-22(3)15-20(23-11-7-8-12-23)21(16(2)24)25-19-13-17-9-5-6-10-18(17)14-19;1-3-4-2;/h5-7,9-10,19H,4,8,11-15H2,1-3H3;1,3-4H,2H2;/b21-20-;;. The van der Waals surface area contributed by atoms with Crippen LogP contribution in [0.1, 0.15) is 31.4 Å². The minimum atomic E-state index is -0.381. The Labute approximate surface area is 192 Å². The summed E-state index contributed by atoms with van der Waals surface area (Å²) in [6.07, 6.45) is 6.97. The third-order valence-electron chi connectivity index (χ3n) is 5.90. The van der Waals surface area contributed by atoms with Gasteiger partial charge in [0.15, 0.2) is 0 Å². The van der Waals surface area contributed by atoms with Crippen LogP contribution >= 0.6 is 0 Å². The average Bonchev–Trinajstić information content (AvgIpc) is 3.37. The number of carbonyl (C=O) groups excluding carboxylic acids is 1. The first-order valence-electron chi connectivity index (χ1n) is 10.9. The molecule has 0 saturated carbocycles. The number of rotatable bonds is 10. The second-order valence-electron chi connectivity index (χ2n) is 8.19. The molecular formula is C25H34N2O2Sb. The van der Waals surface area contributed by atoms with Crippen LogP contribution in [0.15, 0.2) is 58.5 Å². The summed E-state index contributed by atoms with van der Waals surface area (Å²) in [7, 11) is 2.11. The molecule has 1 unspecified atom stereocenters. The van der Waals surface area contributed by atoms with Crippen LogP contribution in [0.5, 0.6) is 0 Å². The molecular weight excluding hydrogens is 482 g/mol. The zero-order chi connectivity index (χ0) is 21.5. The van der Waals surface area contributed by atoms with Gasteiger partial charge >= 0.3 is 193 Å². The maximum atomic E-state index is 12.7. The molecule has 30 heavy (non-hydrogen) atoms. The van der Waals surface area contributed by atoms with E-state index >= 15 is 0 Å². The van der Waals surface area contributed by atoms with Gasteiger partial charge in [0.25, 0.3) is 0 Å². The quantitative estimate of drug-likeness (QED) is 0.205. The number of ether oxygens (including phenoxy) is 1. The summed E-state index contributed by atoms with van der Waals surface area (Å²) in [4.78, 5) is 17.4. The second-order valence-corrected chi connectivity index (χ2v) is 12.0. The van der Waals surface area contributed by atoms with Gasteiger partial charge in [0.2, 0.25) is 0 Å². The number of carbonyl (C=O) groups is 1. The van der Waals surface area contributed by atoms with E-state index in [4.69, 9.17) is 4.74 Å². The summed E-state index contributed by atoms with van der Waals surface area (Å²) in [5.41, 5.74) is 3.77. The Morgan fingerprint density at radius 3 is 2.63 bits per heavy atom. The third kappa shape index (κ3) is 6.01. The predicted octanol–water partition coefficient (Wildman–Crippen LogP) is 3.82. The van der Waals surface area contributed by atoms with Crippen LogP contribution < -0.4 is 0 Å². The van der Waals surface area contributed by atoms with Crippen molar-refractivity contribution in [1.29, 1.82) is 0 Å². The molecule has 5 heteroatoms. The van der Waals surface area contributed by atoms with E-state index in [0.717, 1.165) is 48.6 Å². The summed E-state index contributed by atoms with van der Waals surface area (Å²) < 4.78 is 9.55. The van der Waals surface area contributed by atoms with Gasteiger partial charge in [-0.25, -0.2) is 0 Å². The monoisotopic (exact) mass is 515 g/mol. The van der Waals surface area contributed by atoms with Gasteiger partial charge in [-0.2, -0.15) is 0 Å². The summed E-state index contributed by atoms with van der Waals surface area (Å²) in [5.74, 6) is 0.622. The molecule has 1 fully saturated rings. The number of hydrogen-bond donors (Lipinski definition) is 0. The molecule has 0 aromatic heterocycles. The van der Waals surface area contributed by atoms with Crippen LogP contribution in [0.2, 0.25) is 3.86 Å². The molecule has 1 atom stereocenters. The summed E-state index contributed by atoms with van der Waals surface area (Å²) >= 11 is -0.381. The fraction of sp³-hybridized carbons (Fsp3) is 0.480. The topological polar surface area (TPSA) is 32.8 Å². The first-order chi connectivity index (χ1) is 14.5. The molecule has 161 valence electrons.